The van der Waals surface area contributed by atoms with Crippen LogP contribution in [0.15, 0.2) is 18.2 Å². The molecule has 0 aromatic heterocycles. The maximum atomic E-state index is 11.6. The van der Waals surface area contributed by atoms with Crippen LogP contribution in [0, 0.1) is 3.57 Å². The largest absolute Gasteiger partial charge is 0.495 e. The van der Waals surface area contributed by atoms with Gasteiger partial charge < -0.3 is 9.47 Å². The Balaban J connectivity index is 3.32. The van der Waals surface area contributed by atoms with Gasteiger partial charge in [-0.05, 0) is 40.8 Å². The molecule has 0 saturated heterocycles. The molecule has 0 unspecified atom stereocenters. The number of nitrogens with two attached hydrogens (primary N) is 1. The molecule has 1 rings (SSSR count). The van der Waals surface area contributed by atoms with Crippen molar-refractivity contribution in [2.45, 2.75) is 0 Å². The molecule has 9 heteroatoms. The van der Waals surface area contributed by atoms with Crippen molar-refractivity contribution in [1.82, 2.24) is 0 Å². The van der Waals surface area contributed by atoms with Crippen molar-refractivity contribution in [1.29, 1.82) is 0 Å². The van der Waals surface area contributed by atoms with Crippen molar-refractivity contribution in [3.05, 3.63) is 21.8 Å². The molecule has 0 bridgehead atoms. The van der Waals surface area contributed by atoms with Gasteiger partial charge in [0.2, 0.25) is 0 Å². The highest BCUT2D eigenvalue weighted by atomic mass is 127. The van der Waals surface area contributed by atoms with Gasteiger partial charge in [-0.1, -0.05) is 0 Å². The number of nitrogens with zero attached hydrogens (tertiary/aromatic N) is 1. The van der Waals surface area contributed by atoms with Gasteiger partial charge in [-0.2, -0.15) is 8.42 Å². The molecule has 1 aromatic carbocycles. The first-order chi connectivity index (χ1) is 8.79. The van der Waals surface area contributed by atoms with E-state index < -0.39 is 22.7 Å². The zero-order chi connectivity index (χ0) is 14.6. The topological polar surface area (TPSA) is 98.9 Å². The smallest absolute Gasteiger partial charge is 0.326 e. The molecule has 1 aromatic rings. The van der Waals surface area contributed by atoms with Crippen LogP contribution in [0.2, 0.25) is 0 Å². The molecular weight excluding hydrogens is 387 g/mol. The highest BCUT2D eigenvalue weighted by molar-refractivity contribution is 14.1. The van der Waals surface area contributed by atoms with Crippen molar-refractivity contribution in [3.8, 4) is 5.75 Å². The maximum Gasteiger partial charge on any atom is 0.326 e. The summed E-state index contributed by atoms with van der Waals surface area (Å²) in [6.07, 6.45) is 0. The molecule has 106 valence electrons. The summed E-state index contributed by atoms with van der Waals surface area (Å²) in [6.45, 7) is -0.522. The number of benzene rings is 1. The Labute approximate surface area is 125 Å². The van der Waals surface area contributed by atoms with E-state index >= 15 is 0 Å². The average molecular weight is 400 g/mol. The third-order valence-electron chi connectivity index (χ3n) is 2.22. The number of esters is 1. The molecule has 0 saturated carbocycles. The lowest BCUT2D eigenvalue weighted by atomic mass is 10.3. The van der Waals surface area contributed by atoms with Crippen LogP contribution >= 0.6 is 22.6 Å². The van der Waals surface area contributed by atoms with Gasteiger partial charge in [-0.3, -0.25) is 4.79 Å². The van der Waals surface area contributed by atoms with Gasteiger partial charge in [0.05, 0.1) is 19.9 Å². The van der Waals surface area contributed by atoms with E-state index in [1.165, 1.54) is 7.11 Å². The molecule has 0 spiro atoms. The Morgan fingerprint density at radius 2 is 2.05 bits per heavy atom. The number of carbonyl (C=O) groups excluding carboxylic acids is 1. The zero-order valence-electron chi connectivity index (χ0n) is 10.3. The van der Waals surface area contributed by atoms with Gasteiger partial charge in [-0.15, -0.1) is 0 Å². The molecular formula is C10H13IN2O5S. The van der Waals surface area contributed by atoms with Crippen molar-refractivity contribution in [2.75, 3.05) is 25.1 Å². The minimum atomic E-state index is -4.12. The summed E-state index contributed by atoms with van der Waals surface area (Å²) in [5, 5.41) is 5.12. The second-order valence-electron chi connectivity index (χ2n) is 3.44. The monoisotopic (exact) mass is 400 g/mol. The van der Waals surface area contributed by atoms with Crippen LogP contribution in [0.25, 0.3) is 0 Å². The third kappa shape index (κ3) is 4.21. The molecule has 0 amide bonds. The Morgan fingerprint density at radius 3 is 2.53 bits per heavy atom. The van der Waals surface area contributed by atoms with Crippen LogP contribution in [0.5, 0.6) is 5.75 Å². The van der Waals surface area contributed by atoms with Gasteiger partial charge in [0.1, 0.15) is 12.3 Å². The Hall–Kier alpha value is -1.07. The molecule has 0 aliphatic rings. The van der Waals surface area contributed by atoms with Crippen LogP contribution in [0.4, 0.5) is 5.69 Å². The first-order valence-corrected chi connectivity index (χ1v) is 7.58. The zero-order valence-corrected chi connectivity index (χ0v) is 13.3. The van der Waals surface area contributed by atoms with Gasteiger partial charge in [-0.25, -0.2) is 9.44 Å². The van der Waals surface area contributed by atoms with E-state index in [4.69, 9.17) is 9.88 Å². The third-order valence-corrected chi connectivity index (χ3v) is 3.83. The van der Waals surface area contributed by atoms with E-state index in [9.17, 15) is 13.2 Å². The second-order valence-corrected chi connectivity index (χ2v) is 6.16. The van der Waals surface area contributed by atoms with Crippen LogP contribution in [-0.2, 0) is 19.7 Å². The molecule has 19 heavy (non-hydrogen) atoms. The number of hydrogen-bond acceptors (Lipinski definition) is 5. The summed E-state index contributed by atoms with van der Waals surface area (Å²) in [7, 11) is -1.57. The summed E-state index contributed by atoms with van der Waals surface area (Å²) in [6, 6.07) is 4.88. The van der Waals surface area contributed by atoms with E-state index in [1.807, 2.05) is 22.6 Å². The van der Waals surface area contributed by atoms with Crippen molar-refractivity contribution in [2.24, 2.45) is 5.14 Å². The van der Waals surface area contributed by atoms with Gasteiger partial charge >= 0.3 is 5.97 Å². The van der Waals surface area contributed by atoms with Crippen LogP contribution in [0.1, 0.15) is 0 Å². The second kappa shape index (κ2) is 6.39. The predicted octanol–water partition coefficient (Wildman–Crippen LogP) is 0.483. The summed E-state index contributed by atoms with van der Waals surface area (Å²) < 4.78 is 34.2. The van der Waals surface area contributed by atoms with Gasteiger partial charge in [0.25, 0.3) is 10.2 Å². The molecule has 2 N–H and O–H groups in total. The first-order valence-electron chi connectivity index (χ1n) is 5.00. The maximum absolute atomic E-state index is 11.6. The number of hydrogen-bond donors (Lipinski definition) is 1. The highest BCUT2D eigenvalue weighted by Gasteiger charge is 2.25. The standard InChI is InChI=1S/C10H13IN2O5S/c1-17-9-4-3-7(11)5-8(9)13(19(12,15)16)6-10(14)18-2/h3-5H,6H2,1-2H3,(H2,12,15,16). The number of methoxy groups -OCH3 is 2. The summed E-state index contributed by atoms with van der Waals surface area (Å²) in [4.78, 5) is 11.3. The highest BCUT2D eigenvalue weighted by Crippen LogP contribution is 2.31. The number of anilines is 1. The fourth-order valence-corrected chi connectivity index (χ4v) is 2.53. The van der Waals surface area contributed by atoms with E-state index in [0.29, 0.717) is 5.75 Å². The number of rotatable bonds is 5. The quantitative estimate of drug-likeness (QED) is 0.573. The van der Waals surface area contributed by atoms with Crippen molar-refractivity contribution >= 4 is 44.5 Å². The van der Waals surface area contributed by atoms with Crippen LogP contribution in [0.3, 0.4) is 0 Å². The van der Waals surface area contributed by atoms with E-state index in [2.05, 4.69) is 4.74 Å². The summed E-state index contributed by atoms with van der Waals surface area (Å²) in [5.74, 6) is -0.437. The molecule has 0 radical (unpaired) electrons. The summed E-state index contributed by atoms with van der Waals surface area (Å²) in [5.41, 5.74) is 0.183. The van der Waals surface area contributed by atoms with Crippen LogP contribution in [-0.4, -0.2) is 35.2 Å². The Kier molecular flexibility index (Phi) is 5.38. The van der Waals surface area contributed by atoms with E-state index in [-0.39, 0.29) is 5.69 Å². The molecule has 0 aliphatic heterocycles. The summed E-state index contributed by atoms with van der Waals surface area (Å²) >= 11 is 2.01. The lowest BCUT2D eigenvalue weighted by Gasteiger charge is -2.22. The normalized spacial score (nSPS) is 10.9. The number of halogens is 1. The van der Waals surface area contributed by atoms with Crippen molar-refractivity contribution < 1.29 is 22.7 Å². The molecule has 0 atom stereocenters. The average Bonchev–Trinajstić information content (AvgIpc) is 2.34. The number of ether oxygens (including phenoxy) is 2. The molecule has 0 heterocycles. The molecule has 0 aliphatic carbocycles. The fourth-order valence-electron chi connectivity index (χ4n) is 1.35. The lowest BCUT2D eigenvalue weighted by Crippen LogP contribution is -2.41. The minimum absolute atomic E-state index is 0.183. The van der Waals surface area contributed by atoms with Gasteiger partial charge in [0.15, 0.2) is 0 Å². The Morgan fingerprint density at radius 1 is 1.42 bits per heavy atom. The lowest BCUT2D eigenvalue weighted by molar-refractivity contribution is -0.138. The Bertz CT molecular complexity index is 575. The van der Waals surface area contributed by atoms with E-state index in [1.54, 1.807) is 18.2 Å². The minimum Gasteiger partial charge on any atom is -0.495 e. The first kappa shape index (κ1) is 16.0. The molecule has 0 fully saturated rings. The van der Waals surface area contributed by atoms with Crippen LogP contribution < -0.4 is 14.2 Å². The fraction of sp³-hybridized carbons (Fsp3) is 0.300. The van der Waals surface area contributed by atoms with E-state index in [0.717, 1.165) is 15.0 Å². The van der Waals surface area contributed by atoms with Crippen molar-refractivity contribution in [3.63, 3.8) is 0 Å². The van der Waals surface area contributed by atoms with Gasteiger partial charge in [0, 0.05) is 3.57 Å². The molecule has 7 nitrogen and oxygen atoms in total. The number of carbonyl (C=O) groups is 1. The SMILES string of the molecule is COC(=O)CN(c1cc(I)ccc1OC)S(N)(=O)=O. The predicted molar refractivity (Wildman–Crippen MR) is 78.2 cm³/mol.